The first-order valence-electron chi connectivity index (χ1n) is 5.69. The number of benzene rings is 1. The van der Waals surface area contributed by atoms with E-state index in [0.29, 0.717) is 11.4 Å². The van der Waals surface area contributed by atoms with Crippen molar-refractivity contribution in [1.29, 1.82) is 0 Å². The van der Waals surface area contributed by atoms with E-state index in [2.05, 4.69) is 26.0 Å². The van der Waals surface area contributed by atoms with E-state index in [1.807, 2.05) is 29.8 Å². The Balaban J connectivity index is 2.16. The van der Waals surface area contributed by atoms with Gasteiger partial charge in [0.05, 0.1) is 5.02 Å². The fraction of sp³-hybridized carbons (Fsp3) is 0.333. The molecule has 0 bridgehead atoms. The molecule has 0 aliphatic heterocycles. The van der Waals surface area contributed by atoms with E-state index in [1.165, 1.54) is 0 Å². The lowest BCUT2D eigenvalue weighted by Gasteiger charge is -2.12. The summed E-state index contributed by atoms with van der Waals surface area (Å²) in [5.41, 5.74) is 7.17. The number of nitrogens with two attached hydrogens (primary N) is 1. The van der Waals surface area contributed by atoms with Crippen LogP contribution in [0.25, 0.3) is 0 Å². The monoisotopic (exact) mass is 328 g/mol. The number of hydrogen-bond donors (Lipinski definition) is 1. The van der Waals surface area contributed by atoms with Crippen molar-refractivity contribution in [2.45, 2.75) is 25.9 Å². The quantitative estimate of drug-likeness (QED) is 0.938. The van der Waals surface area contributed by atoms with Gasteiger partial charge in [-0.1, -0.05) is 17.7 Å². The van der Waals surface area contributed by atoms with Gasteiger partial charge in [0.25, 0.3) is 0 Å². The predicted octanol–water partition coefficient (Wildman–Crippen LogP) is 2.96. The molecule has 0 amide bonds. The minimum atomic E-state index is -0.134. The van der Waals surface area contributed by atoms with Gasteiger partial charge in [0.1, 0.15) is 12.2 Å². The molecule has 2 N–H and O–H groups in total. The van der Waals surface area contributed by atoms with Crippen LogP contribution < -0.4 is 5.73 Å². The molecule has 2 aromatic rings. The molecule has 0 fully saturated rings. The van der Waals surface area contributed by atoms with Crippen molar-refractivity contribution in [3.05, 3.63) is 45.4 Å². The summed E-state index contributed by atoms with van der Waals surface area (Å²) in [5, 5.41) is 4.80. The summed E-state index contributed by atoms with van der Waals surface area (Å²) in [6.45, 7) is 2.82. The van der Waals surface area contributed by atoms with Crippen molar-refractivity contribution in [3.63, 3.8) is 0 Å². The first kappa shape index (κ1) is 13.5. The lowest BCUT2D eigenvalue weighted by Crippen LogP contribution is -2.16. The average Bonchev–Trinajstić information content (AvgIpc) is 2.79. The standard InChI is InChI=1S/C12H14BrClN4/c1-2-18-12(16-7-17-18)6-11(15)8-3-4-9(13)10(14)5-8/h3-5,7,11H,2,6,15H2,1H3. The number of halogens is 2. The van der Waals surface area contributed by atoms with Crippen LogP contribution in [0.1, 0.15) is 24.4 Å². The van der Waals surface area contributed by atoms with Crippen molar-refractivity contribution >= 4 is 27.5 Å². The van der Waals surface area contributed by atoms with Gasteiger partial charge in [0.15, 0.2) is 0 Å². The Hall–Kier alpha value is -0.910. The smallest absolute Gasteiger partial charge is 0.138 e. The molecular weight excluding hydrogens is 316 g/mol. The molecule has 0 saturated carbocycles. The summed E-state index contributed by atoms with van der Waals surface area (Å²) in [4.78, 5) is 4.22. The second kappa shape index (κ2) is 5.82. The van der Waals surface area contributed by atoms with Crippen LogP contribution in [-0.2, 0) is 13.0 Å². The summed E-state index contributed by atoms with van der Waals surface area (Å²) in [7, 11) is 0. The van der Waals surface area contributed by atoms with Crippen molar-refractivity contribution in [1.82, 2.24) is 14.8 Å². The molecule has 0 saturated heterocycles. The van der Waals surface area contributed by atoms with Gasteiger partial charge in [-0.15, -0.1) is 0 Å². The number of nitrogens with zero attached hydrogens (tertiary/aromatic N) is 3. The van der Waals surface area contributed by atoms with Crippen LogP contribution in [0.3, 0.4) is 0 Å². The molecule has 0 radical (unpaired) electrons. The topological polar surface area (TPSA) is 56.7 Å². The molecule has 0 aliphatic rings. The summed E-state index contributed by atoms with van der Waals surface area (Å²) < 4.78 is 2.72. The van der Waals surface area contributed by atoms with E-state index < -0.39 is 0 Å². The van der Waals surface area contributed by atoms with Crippen molar-refractivity contribution in [3.8, 4) is 0 Å². The average molecular weight is 330 g/mol. The van der Waals surface area contributed by atoms with Crippen molar-refractivity contribution in [2.24, 2.45) is 5.73 Å². The highest BCUT2D eigenvalue weighted by Gasteiger charge is 2.12. The summed E-state index contributed by atoms with van der Waals surface area (Å²) in [5.74, 6) is 0.893. The molecular formula is C12H14BrClN4. The fourth-order valence-electron chi connectivity index (χ4n) is 1.77. The van der Waals surface area contributed by atoms with Crippen LogP contribution in [0.2, 0.25) is 5.02 Å². The van der Waals surface area contributed by atoms with Crippen molar-refractivity contribution in [2.75, 3.05) is 0 Å². The Morgan fingerprint density at radius 3 is 2.94 bits per heavy atom. The van der Waals surface area contributed by atoms with Crippen LogP contribution >= 0.6 is 27.5 Å². The summed E-state index contributed by atoms with van der Waals surface area (Å²) in [6, 6.07) is 5.61. The van der Waals surface area contributed by atoms with Gasteiger partial charge < -0.3 is 5.73 Å². The molecule has 1 atom stereocenters. The second-order valence-electron chi connectivity index (χ2n) is 3.98. The number of hydrogen-bond acceptors (Lipinski definition) is 3. The third kappa shape index (κ3) is 2.91. The zero-order valence-electron chi connectivity index (χ0n) is 9.98. The molecule has 1 aromatic heterocycles. The van der Waals surface area contributed by atoms with E-state index >= 15 is 0 Å². The van der Waals surface area contributed by atoms with Crippen LogP contribution in [0.15, 0.2) is 29.0 Å². The normalized spacial score (nSPS) is 12.7. The minimum Gasteiger partial charge on any atom is -0.324 e. The van der Waals surface area contributed by atoms with Crippen LogP contribution in [-0.4, -0.2) is 14.8 Å². The number of aryl methyl sites for hydroxylation is 1. The molecule has 0 spiro atoms. The Labute approximate surface area is 119 Å². The molecule has 18 heavy (non-hydrogen) atoms. The molecule has 1 unspecified atom stereocenters. The number of rotatable bonds is 4. The third-order valence-electron chi connectivity index (χ3n) is 2.77. The predicted molar refractivity (Wildman–Crippen MR) is 75.5 cm³/mol. The maximum absolute atomic E-state index is 6.17. The SMILES string of the molecule is CCn1ncnc1CC(N)c1ccc(Br)c(Cl)c1. The zero-order chi connectivity index (χ0) is 13.1. The highest BCUT2D eigenvalue weighted by atomic mass is 79.9. The zero-order valence-corrected chi connectivity index (χ0v) is 12.3. The van der Waals surface area contributed by atoms with Gasteiger partial charge in [0.2, 0.25) is 0 Å². The Morgan fingerprint density at radius 2 is 2.28 bits per heavy atom. The fourth-order valence-corrected chi connectivity index (χ4v) is 2.20. The van der Waals surface area contributed by atoms with Gasteiger partial charge in [-0.05, 0) is 40.5 Å². The molecule has 2 rings (SSSR count). The maximum Gasteiger partial charge on any atom is 0.138 e. The summed E-state index contributed by atoms with van der Waals surface area (Å²) in [6.07, 6.45) is 2.20. The Bertz CT molecular complexity index is 541. The van der Waals surface area contributed by atoms with Crippen LogP contribution in [0.4, 0.5) is 0 Å². The van der Waals surface area contributed by atoms with Crippen LogP contribution in [0, 0.1) is 0 Å². The number of aromatic nitrogens is 3. The first-order chi connectivity index (χ1) is 8.61. The van der Waals surface area contributed by atoms with Gasteiger partial charge >= 0.3 is 0 Å². The second-order valence-corrected chi connectivity index (χ2v) is 5.24. The molecule has 96 valence electrons. The minimum absolute atomic E-state index is 0.134. The highest BCUT2D eigenvalue weighted by Crippen LogP contribution is 2.26. The first-order valence-corrected chi connectivity index (χ1v) is 6.86. The summed E-state index contributed by atoms with van der Waals surface area (Å²) >= 11 is 9.43. The van der Waals surface area contributed by atoms with Crippen LogP contribution in [0.5, 0.6) is 0 Å². The van der Waals surface area contributed by atoms with Gasteiger partial charge in [-0.25, -0.2) is 4.98 Å². The molecule has 1 aromatic carbocycles. The van der Waals surface area contributed by atoms with Gasteiger partial charge in [0, 0.05) is 23.5 Å². The van der Waals surface area contributed by atoms with E-state index in [4.69, 9.17) is 17.3 Å². The molecule has 0 aliphatic carbocycles. The van der Waals surface area contributed by atoms with E-state index in [-0.39, 0.29) is 6.04 Å². The lowest BCUT2D eigenvalue weighted by atomic mass is 10.0. The molecule has 6 heteroatoms. The lowest BCUT2D eigenvalue weighted by molar-refractivity contribution is 0.581. The maximum atomic E-state index is 6.17. The van der Waals surface area contributed by atoms with E-state index in [9.17, 15) is 0 Å². The van der Waals surface area contributed by atoms with Gasteiger partial charge in [-0.3, -0.25) is 4.68 Å². The third-order valence-corrected chi connectivity index (χ3v) is 4.00. The highest BCUT2D eigenvalue weighted by molar-refractivity contribution is 9.10. The molecule has 4 nitrogen and oxygen atoms in total. The van der Waals surface area contributed by atoms with Crippen molar-refractivity contribution < 1.29 is 0 Å². The Kier molecular flexibility index (Phi) is 4.37. The Morgan fingerprint density at radius 1 is 1.50 bits per heavy atom. The largest absolute Gasteiger partial charge is 0.324 e. The van der Waals surface area contributed by atoms with E-state index in [1.54, 1.807) is 6.33 Å². The van der Waals surface area contributed by atoms with E-state index in [0.717, 1.165) is 22.4 Å². The van der Waals surface area contributed by atoms with Gasteiger partial charge in [-0.2, -0.15) is 5.10 Å². The molecule has 1 heterocycles.